The molecule has 3 heterocycles. The molecule has 8 heteroatoms. The number of pyridine rings is 1. The van der Waals surface area contributed by atoms with E-state index in [9.17, 15) is 9.59 Å². The number of fused-ring (bicyclic) bond motifs is 2. The first-order valence-electron chi connectivity index (χ1n) is 12.2. The van der Waals surface area contributed by atoms with Crippen LogP contribution >= 0.6 is 0 Å². The van der Waals surface area contributed by atoms with Crippen LogP contribution in [-0.4, -0.2) is 20.4 Å². The van der Waals surface area contributed by atoms with Crippen molar-refractivity contribution in [2.45, 2.75) is 13.0 Å². The normalized spacial score (nSPS) is 11.2. The fourth-order valence-corrected chi connectivity index (χ4v) is 4.51. The molecule has 8 nitrogen and oxygen atoms in total. The third-order valence-corrected chi connectivity index (χ3v) is 6.35. The number of ether oxygens (including phenoxy) is 1. The zero-order chi connectivity index (χ0) is 26.1. The van der Waals surface area contributed by atoms with E-state index in [4.69, 9.17) is 14.1 Å². The second kappa shape index (κ2) is 9.74. The van der Waals surface area contributed by atoms with E-state index in [-0.39, 0.29) is 24.4 Å². The van der Waals surface area contributed by atoms with Crippen molar-refractivity contribution in [1.29, 1.82) is 0 Å². The number of nitrogens with one attached hydrogen (secondary N) is 2. The van der Waals surface area contributed by atoms with Gasteiger partial charge >= 0.3 is 0 Å². The minimum Gasteiger partial charge on any atom is -0.454 e. The second-order valence-electron chi connectivity index (χ2n) is 8.98. The summed E-state index contributed by atoms with van der Waals surface area (Å²) >= 11 is 0. The molecular formula is C30H24N4O4. The van der Waals surface area contributed by atoms with Gasteiger partial charge in [-0.1, -0.05) is 48.5 Å². The molecule has 0 spiro atoms. The third-order valence-electron chi connectivity index (χ3n) is 6.35. The van der Waals surface area contributed by atoms with Crippen molar-refractivity contribution >= 4 is 27.9 Å². The van der Waals surface area contributed by atoms with E-state index >= 15 is 0 Å². The number of carbonyl (C=O) groups excluding carboxylic acids is 1. The first-order chi connectivity index (χ1) is 18.6. The van der Waals surface area contributed by atoms with Crippen LogP contribution in [0.1, 0.15) is 11.5 Å². The zero-order valence-corrected chi connectivity index (χ0v) is 20.6. The number of para-hydroxylation sites is 1. The Morgan fingerprint density at radius 1 is 1.00 bits per heavy atom. The molecule has 0 saturated carbocycles. The quantitative estimate of drug-likeness (QED) is 0.306. The minimum atomic E-state index is -0.125. The van der Waals surface area contributed by atoms with Gasteiger partial charge in [0.15, 0.2) is 16.8 Å². The van der Waals surface area contributed by atoms with E-state index in [2.05, 4.69) is 10.3 Å². The van der Waals surface area contributed by atoms with Crippen LogP contribution in [0, 0.1) is 0 Å². The Hall–Kier alpha value is -5.11. The summed E-state index contributed by atoms with van der Waals surface area (Å²) in [6.07, 6.45) is 3.81. The number of rotatable bonds is 7. The number of nitrogens with zero attached hydrogens (tertiary/aromatic N) is 2. The molecule has 38 heavy (non-hydrogen) atoms. The Kier molecular flexibility index (Phi) is 5.97. The molecule has 0 fully saturated rings. The minimum absolute atomic E-state index is 0.115. The van der Waals surface area contributed by atoms with Crippen LogP contribution in [0.3, 0.4) is 0 Å². The van der Waals surface area contributed by atoms with Crippen molar-refractivity contribution in [2.75, 3.05) is 0 Å². The molecular weight excluding hydrogens is 480 g/mol. The lowest BCUT2D eigenvalue weighted by molar-refractivity contribution is -0.120. The van der Waals surface area contributed by atoms with Crippen LogP contribution in [0.2, 0.25) is 0 Å². The molecule has 3 aromatic heterocycles. The van der Waals surface area contributed by atoms with Gasteiger partial charge in [-0.15, -0.1) is 0 Å². The summed E-state index contributed by atoms with van der Waals surface area (Å²) in [4.78, 5) is 32.9. The average Bonchev–Trinajstić information content (AvgIpc) is 3.59. The van der Waals surface area contributed by atoms with Gasteiger partial charge in [0.25, 0.3) is 5.56 Å². The van der Waals surface area contributed by atoms with E-state index in [0.717, 1.165) is 22.1 Å². The van der Waals surface area contributed by atoms with Crippen LogP contribution in [-0.2, 0) is 24.8 Å². The number of hydrogen-bond acceptors (Lipinski definition) is 5. The van der Waals surface area contributed by atoms with Gasteiger partial charge in [0.2, 0.25) is 11.8 Å². The first kappa shape index (κ1) is 23.3. The summed E-state index contributed by atoms with van der Waals surface area (Å²) in [5.41, 5.74) is 3.96. The van der Waals surface area contributed by atoms with Gasteiger partial charge in [-0.3, -0.25) is 9.59 Å². The third kappa shape index (κ3) is 4.43. The molecule has 6 aromatic rings. The fourth-order valence-electron chi connectivity index (χ4n) is 4.51. The van der Waals surface area contributed by atoms with Crippen molar-refractivity contribution in [2.24, 2.45) is 7.05 Å². The topological polar surface area (TPSA) is 102 Å². The number of aryl methyl sites for hydroxylation is 1. The first-order valence-corrected chi connectivity index (χ1v) is 12.2. The maximum Gasteiger partial charge on any atom is 0.274 e. The Morgan fingerprint density at radius 2 is 1.76 bits per heavy atom. The van der Waals surface area contributed by atoms with Crippen LogP contribution < -0.4 is 15.6 Å². The smallest absolute Gasteiger partial charge is 0.274 e. The van der Waals surface area contributed by atoms with Crippen LogP contribution in [0.15, 0.2) is 100 Å². The molecule has 3 aromatic carbocycles. The molecule has 0 radical (unpaired) electrons. The number of hydrogen-bond donors (Lipinski definition) is 2. The largest absolute Gasteiger partial charge is 0.454 e. The standard InChI is InChI=1S/C30H24N4O4/c1-34-18-23(21-14-15-31-27(21)30(34)36)22-12-13-24-28(29(22)37-20-10-6-3-7-11-20)33-26(38-24)17-32-25(35)16-19-8-4-2-5-9-19/h2-15,18,31H,16-17H2,1H3,(H,32,35). The van der Waals surface area contributed by atoms with E-state index in [1.54, 1.807) is 24.0 Å². The van der Waals surface area contributed by atoms with Gasteiger partial charge in [-0.25, -0.2) is 4.98 Å². The highest BCUT2D eigenvalue weighted by atomic mass is 16.5. The lowest BCUT2D eigenvalue weighted by Gasteiger charge is -2.13. The molecule has 2 N–H and O–H groups in total. The lowest BCUT2D eigenvalue weighted by Crippen LogP contribution is -2.24. The van der Waals surface area contributed by atoms with Crippen molar-refractivity contribution in [1.82, 2.24) is 19.9 Å². The lowest BCUT2D eigenvalue weighted by atomic mass is 10.0. The summed E-state index contributed by atoms with van der Waals surface area (Å²) in [6, 6.07) is 24.6. The predicted molar refractivity (Wildman–Crippen MR) is 145 cm³/mol. The highest BCUT2D eigenvalue weighted by Crippen LogP contribution is 2.41. The maximum absolute atomic E-state index is 12.6. The average molecular weight is 505 g/mol. The van der Waals surface area contributed by atoms with Gasteiger partial charge in [0, 0.05) is 36.0 Å². The van der Waals surface area contributed by atoms with Crippen LogP contribution in [0.4, 0.5) is 0 Å². The van der Waals surface area contributed by atoms with E-state index in [1.165, 1.54) is 0 Å². The number of H-pyrrole nitrogens is 1. The monoisotopic (exact) mass is 504 g/mol. The van der Waals surface area contributed by atoms with Crippen molar-refractivity contribution in [3.05, 3.63) is 113 Å². The Balaban J connectivity index is 1.40. The molecule has 0 bridgehead atoms. The highest BCUT2D eigenvalue weighted by molar-refractivity contribution is 5.99. The molecule has 0 aliphatic heterocycles. The fraction of sp³-hybridized carbons (Fsp3) is 0.100. The van der Waals surface area contributed by atoms with Crippen LogP contribution in [0.25, 0.3) is 33.1 Å². The molecule has 6 rings (SSSR count). The second-order valence-corrected chi connectivity index (χ2v) is 8.98. The van der Waals surface area contributed by atoms with Gasteiger partial charge in [-0.2, -0.15) is 0 Å². The van der Waals surface area contributed by atoms with Crippen molar-refractivity contribution < 1.29 is 13.9 Å². The number of aromatic amines is 1. The van der Waals surface area contributed by atoms with Crippen LogP contribution in [0.5, 0.6) is 11.5 Å². The number of amides is 1. The number of oxazole rings is 1. The highest BCUT2D eigenvalue weighted by Gasteiger charge is 2.21. The summed E-state index contributed by atoms with van der Waals surface area (Å²) < 4.78 is 13.9. The zero-order valence-electron chi connectivity index (χ0n) is 20.6. The molecule has 0 saturated heterocycles. The number of carbonyl (C=O) groups is 1. The molecule has 188 valence electrons. The summed E-state index contributed by atoms with van der Waals surface area (Å²) in [5.74, 6) is 1.38. The van der Waals surface area contributed by atoms with Gasteiger partial charge < -0.3 is 24.0 Å². The van der Waals surface area contributed by atoms with Gasteiger partial charge in [0.05, 0.1) is 13.0 Å². The summed E-state index contributed by atoms with van der Waals surface area (Å²) in [7, 11) is 1.72. The molecule has 0 aliphatic carbocycles. The van der Waals surface area contributed by atoms with Crippen molar-refractivity contribution in [3.63, 3.8) is 0 Å². The molecule has 1 amide bonds. The predicted octanol–water partition coefficient (Wildman–Crippen LogP) is 5.33. The van der Waals surface area contributed by atoms with Crippen molar-refractivity contribution in [3.8, 4) is 22.6 Å². The van der Waals surface area contributed by atoms with E-state index in [1.807, 2.05) is 78.9 Å². The molecule has 0 unspecified atom stereocenters. The summed E-state index contributed by atoms with van der Waals surface area (Å²) in [6.45, 7) is 0.141. The van der Waals surface area contributed by atoms with E-state index in [0.29, 0.717) is 34.0 Å². The maximum atomic E-state index is 12.6. The number of aromatic nitrogens is 3. The Morgan fingerprint density at radius 3 is 2.55 bits per heavy atom. The van der Waals surface area contributed by atoms with E-state index < -0.39 is 0 Å². The number of benzene rings is 3. The SMILES string of the molecule is Cn1cc(-c2ccc3oc(CNC(=O)Cc4ccccc4)nc3c2Oc2ccccc2)c2cc[nH]c2c1=O. The van der Waals surface area contributed by atoms with Gasteiger partial charge in [0.1, 0.15) is 11.3 Å². The Labute approximate surface area is 217 Å². The van der Waals surface area contributed by atoms with Gasteiger partial charge in [-0.05, 0) is 35.9 Å². The summed E-state index contributed by atoms with van der Waals surface area (Å²) in [5, 5.41) is 3.66. The molecule has 0 atom stereocenters. The Bertz CT molecular complexity index is 1820. The molecule has 0 aliphatic rings.